The molecule has 6 nitrogen and oxygen atoms in total. The van der Waals surface area contributed by atoms with Gasteiger partial charge in [-0.15, -0.1) is 0 Å². The number of imidazole rings is 1. The highest BCUT2D eigenvalue weighted by Crippen LogP contribution is 2.33. The smallest absolute Gasteiger partial charge is 0.339 e. The van der Waals surface area contributed by atoms with Crippen LogP contribution in [0.2, 0.25) is 0 Å². The first kappa shape index (κ1) is 18.7. The first-order chi connectivity index (χ1) is 13.8. The molecule has 2 aromatic carbocycles. The number of alkyl halides is 3. The van der Waals surface area contributed by atoms with Crippen LogP contribution in [-0.4, -0.2) is 19.1 Å². The summed E-state index contributed by atoms with van der Waals surface area (Å²) in [6, 6.07) is 9.96. The summed E-state index contributed by atoms with van der Waals surface area (Å²) in [5, 5.41) is 0. The van der Waals surface area contributed by atoms with Crippen LogP contribution in [0.5, 0.6) is 0 Å². The zero-order valence-corrected chi connectivity index (χ0v) is 14.6. The normalized spacial score (nSPS) is 11.9. The molecule has 2 heterocycles. The van der Waals surface area contributed by atoms with E-state index in [4.69, 9.17) is 0 Å². The lowest BCUT2D eigenvalue weighted by Gasteiger charge is -2.16. The molecule has 148 valence electrons. The maximum atomic E-state index is 14.0. The number of halogens is 4. The first-order valence-electron chi connectivity index (χ1n) is 8.38. The van der Waals surface area contributed by atoms with E-state index in [0.717, 1.165) is 24.5 Å². The van der Waals surface area contributed by atoms with Gasteiger partial charge in [0.25, 0.3) is 5.56 Å². The standard InChI is InChI=1S/C19H12F4N4O2/c20-13-7-3-1-5-11(13)9-26-17(28)15-16(25-10-24-15)27(18(26)29)14-8-4-2-6-12(14)19(21,22)23/h1-8,10H,9H2,(H,24,25). The molecule has 10 heteroatoms. The van der Waals surface area contributed by atoms with E-state index in [0.29, 0.717) is 9.13 Å². The van der Waals surface area contributed by atoms with Crippen LogP contribution in [-0.2, 0) is 12.7 Å². The molecule has 4 rings (SSSR count). The predicted molar refractivity (Wildman–Crippen MR) is 96.5 cm³/mol. The molecule has 2 aromatic heterocycles. The van der Waals surface area contributed by atoms with Crippen LogP contribution in [0.3, 0.4) is 0 Å². The van der Waals surface area contributed by atoms with E-state index < -0.39 is 41.0 Å². The minimum Gasteiger partial charge on any atom is -0.339 e. The molecule has 0 saturated heterocycles. The number of nitrogens with zero attached hydrogens (tertiary/aromatic N) is 3. The van der Waals surface area contributed by atoms with Crippen molar-refractivity contribution in [1.82, 2.24) is 19.1 Å². The molecule has 29 heavy (non-hydrogen) atoms. The number of hydrogen-bond acceptors (Lipinski definition) is 3. The molecular weight excluding hydrogens is 392 g/mol. The Labute approximate surface area is 159 Å². The molecule has 0 aliphatic heterocycles. The zero-order chi connectivity index (χ0) is 20.8. The van der Waals surface area contributed by atoms with E-state index in [1.807, 2.05) is 0 Å². The molecule has 0 aliphatic rings. The molecule has 1 N–H and O–H groups in total. The van der Waals surface area contributed by atoms with E-state index in [1.165, 1.54) is 30.3 Å². The summed E-state index contributed by atoms with van der Waals surface area (Å²) in [4.78, 5) is 32.2. The number of nitrogens with one attached hydrogen (secondary N) is 1. The molecule has 0 atom stereocenters. The monoisotopic (exact) mass is 404 g/mol. The Morgan fingerprint density at radius 1 is 1.00 bits per heavy atom. The van der Waals surface area contributed by atoms with Gasteiger partial charge < -0.3 is 4.98 Å². The molecule has 0 fully saturated rings. The van der Waals surface area contributed by atoms with E-state index >= 15 is 0 Å². The fraction of sp³-hybridized carbons (Fsp3) is 0.105. The summed E-state index contributed by atoms with van der Waals surface area (Å²) in [6.07, 6.45) is -3.64. The number of H-pyrrole nitrogens is 1. The molecule has 0 unspecified atom stereocenters. The summed E-state index contributed by atoms with van der Waals surface area (Å²) >= 11 is 0. The quantitative estimate of drug-likeness (QED) is 0.534. The highest BCUT2D eigenvalue weighted by Gasteiger charge is 2.34. The Bertz CT molecular complexity index is 1330. The molecular formula is C19H12F4N4O2. The predicted octanol–water partition coefficient (Wildman–Crippen LogP) is 3.08. The van der Waals surface area contributed by atoms with Gasteiger partial charge >= 0.3 is 11.9 Å². The number of hydrogen-bond donors (Lipinski definition) is 1. The van der Waals surface area contributed by atoms with Gasteiger partial charge in [0.1, 0.15) is 11.3 Å². The van der Waals surface area contributed by atoms with Gasteiger partial charge in [-0.25, -0.2) is 18.7 Å². The minimum atomic E-state index is -4.74. The highest BCUT2D eigenvalue weighted by molar-refractivity contribution is 5.72. The van der Waals surface area contributed by atoms with E-state index in [9.17, 15) is 27.2 Å². The molecule has 0 spiro atoms. The van der Waals surface area contributed by atoms with Crippen molar-refractivity contribution in [2.75, 3.05) is 0 Å². The third-order valence-electron chi connectivity index (χ3n) is 4.45. The largest absolute Gasteiger partial charge is 0.418 e. The zero-order valence-electron chi connectivity index (χ0n) is 14.6. The van der Waals surface area contributed by atoms with Gasteiger partial charge in [0.2, 0.25) is 0 Å². The van der Waals surface area contributed by atoms with Crippen LogP contribution in [0.4, 0.5) is 17.6 Å². The van der Waals surface area contributed by atoms with Crippen LogP contribution in [0.1, 0.15) is 11.1 Å². The molecule has 0 saturated carbocycles. The van der Waals surface area contributed by atoms with Gasteiger partial charge in [-0.2, -0.15) is 13.2 Å². The second-order valence-electron chi connectivity index (χ2n) is 6.22. The van der Waals surface area contributed by atoms with Gasteiger partial charge in [0, 0.05) is 5.56 Å². The Morgan fingerprint density at radius 2 is 1.69 bits per heavy atom. The van der Waals surface area contributed by atoms with E-state index in [2.05, 4.69) is 9.97 Å². The first-order valence-corrected chi connectivity index (χ1v) is 8.38. The van der Waals surface area contributed by atoms with Crippen molar-refractivity contribution in [3.05, 3.63) is 92.6 Å². The van der Waals surface area contributed by atoms with Crippen molar-refractivity contribution in [2.24, 2.45) is 0 Å². The van der Waals surface area contributed by atoms with Crippen LogP contribution in [0.25, 0.3) is 16.9 Å². The fourth-order valence-electron chi connectivity index (χ4n) is 3.11. The average Bonchev–Trinajstić information content (AvgIpc) is 3.16. The van der Waals surface area contributed by atoms with Crippen LogP contribution >= 0.6 is 0 Å². The van der Waals surface area contributed by atoms with Crippen molar-refractivity contribution < 1.29 is 17.6 Å². The lowest BCUT2D eigenvalue weighted by atomic mass is 10.1. The minimum absolute atomic E-state index is 0.0428. The lowest BCUT2D eigenvalue weighted by Crippen LogP contribution is -2.40. The number of fused-ring (bicyclic) bond motifs is 1. The molecule has 4 aromatic rings. The summed E-state index contributed by atoms with van der Waals surface area (Å²) in [5.74, 6) is -0.647. The van der Waals surface area contributed by atoms with Crippen LogP contribution in [0.15, 0.2) is 64.4 Å². The Balaban J connectivity index is 2.05. The van der Waals surface area contributed by atoms with Gasteiger partial charge in [0.15, 0.2) is 5.65 Å². The van der Waals surface area contributed by atoms with Crippen molar-refractivity contribution in [2.45, 2.75) is 12.7 Å². The Kier molecular flexibility index (Phi) is 4.33. The maximum absolute atomic E-state index is 14.0. The van der Waals surface area contributed by atoms with E-state index in [-0.39, 0.29) is 16.7 Å². The summed E-state index contributed by atoms with van der Waals surface area (Å²) in [5.41, 5.74) is -3.80. The number of aromatic nitrogens is 4. The Hall–Kier alpha value is -3.69. The van der Waals surface area contributed by atoms with Crippen molar-refractivity contribution in [1.29, 1.82) is 0 Å². The third kappa shape index (κ3) is 3.12. The van der Waals surface area contributed by atoms with Gasteiger partial charge in [-0.3, -0.25) is 9.36 Å². The molecule has 0 aliphatic carbocycles. The van der Waals surface area contributed by atoms with E-state index in [1.54, 1.807) is 0 Å². The Morgan fingerprint density at radius 3 is 2.41 bits per heavy atom. The summed E-state index contributed by atoms with van der Waals surface area (Å²) < 4.78 is 56.0. The molecule has 0 radical (unpaired) electrons. The molecule has 0 bridgehead atoms. The number of para-hydroxylation sites is 1. The molecule has 0 amide bonds. The van der Waals surface area contributed by atoms with Crippen LogP contribution < -0.4 is 11.2 Å². The van der Waals surface area contributed by atoms with Crippen LogP contribution in [0, 0.1) is 5.82 Å². The number of benzene rings is 2. The average molecular weight is 404 g/mol. The second kappa shape index (κ2) is 6.73. The third-order valence-corrected chi connectivity index (χ3v) is 4.45. The fourth-order valence-corrected chi connectivity index (χ4v) is 3.11. The lowest BCUT2D eigenvalue weighted by molar-refractivity contribution is -0.137. The number of aromatic amines is 1. The summed E-state index contributed by atoms with van der Waals surface area (Å²) in [7, 11) is 0. The van der Waals surface area contributed by atoms with Crippen molar-refractivity contribution >= 4 is 11.2 Å². The SMILES string of the molecule is O=c1c2[nH]cnc2n(-c2ccccc2C(F)(F)F)c(=O)n1Cc1ccccc1F. The van der Waals surface area contributed by atoms with Gasteiger partial charge in [0.05, 0.1) is 24.1 Å². The van der Waals surface area contributed by atoms with Crippen molar-refractivity contribution in [3.63, 3.8) is 0 Å². The summed E-state index contributed by atoms with van der Waals surface area (Å²) in [6.45, 7) is -0.451. The second-order valence-corrected chi connectivity index (χ2v) is 6.22. The highest BCUT2D eigenvalue weighted by atomic mass is 19.4. The number of rotatable bonds is 3. The van der Waals surface area contributed by atoms with Gasteiger partial charge in [-0.1, -0.05) is 30.3 Å². The maximum Gasteiger partial charge on any atom is 0.418 e. The van der Waals surface area contributed by atoms with Gasteiger partial charge in [-0.05, 0) is 18.2 Å². The van der Waals surface area contributed by atoms with Crippen molar-refractivity contribution in [3.8, 4) is 5.69 Å². The topological polar surface area (TPSA) is 72.7 Å².